The van der Waals surface area contributed by atoms with Gasteiger partial charge in [-0.2, -0.15) is 0 Å². The van der Waals surface area contributed by atoms with E-state index in [2.05, 4.69) is 41.8 Å². The normalized spacial score (nSPS) is 10.4. The molecule has 0 saturated heterocycles. The Hall–Kier alpha value is -3.47. The number of para-hydroxylation sites is 1. The van der Waals surface area contributed by atoms with Crippen molar-refractivity contribution in [3.63, 3.8) is 0 Å². The molecule has 1 amide bonds. The molecule has 156 valence electrons. The maximum absolute atomic E-state index is 12.2. The molecule has 0 aromatic heterocycles. The van der Waals surface area contributed by atoms with E-state index in [1.54, 1.807) is 7.11 Å². The van der Waals surface area contributed by atoms with Crippen LogP contribution >= 0.6 is 0 Å². The number of methoxy groups -OCH3 is 1. The zero-order valence-corrected chi connectivity index (χ0v) is 17.7. The predicted octanol–water partition coefficient (Wildman–Crippen LogP) is 5.20. The molecule has 2 N–H and O–H groups in total. The van der Waals surface area contributed by atoms with E-state index in [4.69, 9.17) is 9.47 Å². The van der Waals surface area contributed by atoms with E-state index in [-0.39, 0.29) is 12.5 Å². The quantitative estimate of drug-likeness (QED) is 0.515. The molecule has 0 unspecified atom stereocenters. The number of hydrogen-bond acceptors (Lipinski definition) is 4. The molecule has 5 heteroatoms. The lowest BCUT2D eigenvalue weighted by atomic mass is 10.1. The number of aryl methyl sites for hydroxylation is 2. The van der Waals surface area contributed by atoms with Gasteiger partial charge in [-0.15, -0.1) is 0 Å². The second-order valence-electron chi connectivity index (χ2n) is 7.04. The number of anilines is 2. The van der Waals surface area contributed by atoms with Gasteiger partial charge in [0.25, 0.3) is 5.91 Å². The Bertz CT molecular complexity index is 984. The van der Waals surface area contributed by atoms with Crippen LogP contribution in [0.3, 0.4) is 0 Å². The number of amides is 1. The highest BCUT2D eigenvalue weighted by atomic mass is 16.5. The second-order valence-corrected chi connectivity index (χ2v) is 7.04. The largest absolute Gasteiger partial charge is 0.493 e. The summed E-state index contributed by atoms with van der Waals surface area (Å²) in [6, 6.07) is 21.8. The molecule has 0 fully saturated rings. The number of hydrogen-bond donors (Lipinski definition) is 2. The molecule has 3 aromatic rings. The summed E-state index contributed by atoms with van der Waals surface area (Å²) in [6.07, 6.45) is 1.03. The van der Waals surface area contributed by atoms with Crippen molar-refractivity contribution in [2.75, 3.05) is 24.4 Å². The maximum Gasteiger partial charge on any atom is 0.262 e. The number of rotatable bonds is 9. The van der Waals surface area contributed by atoms with Gasteiger partial charge in [0.2, 0.25) is 0 Å². The second kappa shape index (κ2) is 10.3. The average molecular weight is 405 g/mol. The summed E-state index contributed by atoms with van der Waals surface area (Å²) in [5.74, 6) is 0.917. The summed E-state index contributed by atoms with van der Waals surface area (Å²) in [6.45, 7) is 4.66. The molecule has 0 heterocycles. The lowest BCUT2D eigenvalue weighted by Gasteiger charge is -2.14. The molecule has 0 bridgehead atoms. The van der Waals surface area contributed by atoms with Crippen molar-refractivity contribution in [1.82, 2.24) is 0 Å². The SMILES string of the molecule is CCc1ccc(NCc2ccc(OCC(=O)Nc3ccccc3C)c(OC)c2)cc1. The molecule has 0 aliphatic heterocycles. The highest BCUT2D eigenvalue weighted by Gasteiger charge is 2.10. The Kier molecular flexibility index (Phi) is 7.33. The molecule has 3 rings (SSSR count). The first kappa shape index (κ1) is 21.2. The number of ether oxygens (including phenoxy) is 2. The maximum atomic E-state index is 12.2. The summed E-state index contributed by atoms with van der Waals surface area (Å²) >= 11 is 0. The summed E-state index contributed by atoms with van der Waals surface area (Å²) in [5, 5.41) is 6.27. The van der Waals surface area contributed by atoms with Crippen LogP contribution in [0.15, 0.2) is 66.7 Å². The first-order valence-electron chi connectivity index (χ1n) is 10.1. The van der Waals surface area contributed by atoms with Crippen LogP contribution in [0.25, 0.3) is 0 Å². The Morgan fingerprint density at radius 1 is 0.933 bits per heavy atom. The summed E-state index contributed by atoms with van der Waals surface area (Å²) < 4.78 is 11.1. The number of benzene rings is 3. The molecule has 5 nitrogen and oxygen atoms in total. The van der Waals surface area contributed by atoms with Gasteiger partial charge in [-0.25, -0.2) is 0 Å². The van der Waals surface area contributed by atoms with E-state index in [1.165, 1.54) is 5.56 Å². The summed E-state index contributed by atoms with van der Waals surface area (Å²) in [7, 11) is 1.59. The van der Waals surface area contributed by atoms with Crippen molar-refractivity contribution in [2.24, 2.45) is 0 Å². The first-order chi connectivity index (χ1) is 14.6. The number of carbonyl (C=O) groups excluding carboxylic acids is 1. The van der Waals surface area contributed by atoms with E-state index in [0.717, 1.165) is 28.9 Å². The van der Waals surface area contributed by atoms with Crippen molar-refractivity contribution in [3.8, 4) is 11.5 Å². The minimum Gasteiger partial charge on any atom is -0.493 e. The van der Waals surface area contributed by atoms with Crippen molar-refractivity contribution in [3.05, 3.63) is 83.4 Å². The Morgan fingerprint density at radius 3 is 2.37 bits per heavy atom. The van der Waals surface area contributed by atoms with Crippen LogP contribution in [-0.2, 0) is 17.8 Å². The Morgan fingerprint density at radius 2 is 1.67 bits per heavy atom. The lowest BCUT2D eigenvalue weighted by molar-refractivity contribution is -0.118. The van der Waals surface area contributed by atoms with Crippen molar-refractivity contribution >= 4 is 17.3 Å². The molecule has 0 atom stereocenters. The molecule has 0 radical (unpaired) electrons. The van der Waals surface area contributed by atoms with E-state index in [1.807, 2.05) is 49.4 Å². The van der Waals surface area contributed by atoms with Gasteiger partial charge in [-0.05, 0) is 60.4 Å². The van der Waals surface area contributed by atoms with Crippen LogP contribution < -0.4 is 20.1 Å². The van der Waals surface area contributed by atoms with E-state index >= 15 is 0 Å². The fourth-order valence-corrected chi connectivity index (χ4v) is 3.05. The highest BCUT2D eigenvalue weighted by Crippen LogP contribution is 2.28. The smallest absolute Gasteiger partial charge is 0.262 e. The molecule has 0 aliphatic rings. The third-order valence-electron chi connectivity index (χ3n) is 4.86. The molecule has 0 spiro atoms. The van der Waals surface area contributed by atoms with Crippen molar-refractivity contribution in [1.29, 1.82) is 0 Å². The number of carbonyl (C=O) groups is 1. The molecule has 0 saturated carbocycles. The van der Waals surface area contributed by atoms with Crippen LogP contribution in [0.5, 0.6) is 11.5 Å². The number of nitrogens with one attached hydrogen (secondary N) is 2. The van der Waals surface area contributed by atoms with Gasteiger partial charge in [-0.1, -0.05) is 43.3 Å². The van der Waals surface area contributed by atoms with Gasteiger partial charge < -0.3 is 20.1 Å². The molecular weight excluding hydrogens is 376 g/mol. The molecule has 0 aliphatic carbocycles. The minimum absolute atomic E-state index is 0.0912. The molecule has 3 aromatic carbocycles. The highest BCUT2D eigenvalue weighted by molar-refractivity contribution is 5.92. The monoisotopic (exact) mass is 404 g/mol. The Labute approximate surface area is 178 Å². The van der Waals surface area contributed by atoms with Crippen LogP contribution in [0.1, 0.15) is 23.6 Å². The third kappa shape index (κ3) is 5.77. The average Bonchev–Trinajstić information content (AvgIpc) is 2.78. The third-order valence-corrected chi connectivity index (χ3v) is 4.86. The fourth-order valence-electron chi connectivity index (χ4n) is 3.05. The lowest BCUT2D eigenvalue weighted by Crippen LogP contribution is -2.20. The van der Waals surface area contributed by atoms with E-state index in [0.29, 0.717) is 18.0 Å². The predicted molar refractivity (Wildman–Crippen MR) is 121 cm³/mol. The minimum atomic E-state index is -0.215. The van der Waals surface area contributed by atoms with Gasteiger partial charge in [0.15, 0.2) is 18.1 Å². The van der Waals surface area contributed by atoms with Gasteiger partial charge >= 0.3 is 0 Å². The molecule has 30 heavy (non-hydrogen) atoms. The van der Waals surface area contributed by atoms with Gasteiger partial charge in [0.1, 0.15) is 0 Å². The van der Waals surface area contributed by atoms with Gasteiger partial charge in [0, 0.05) is 17.9 Å². The van der Waals surface area contributed by atoms with Crippen molar-refractivity contribution in [2.45, 2.75) is 26.8 Å². The van der Waals surface area contributed by atoms with Crippen LogP contribution in [0, 0.1) is 6.92 Å². The van der Waals surface area contributed by atoms with Gasteiger partial charge in [0.05, 0.1) is 7.11 Å². The van der Waals surface area contributed by atoms with E-state index < -0.39 is 0 Å². The van der Waals surface area contributed by atoms with Crippen LogP contribution in [0.4, 0.5) is 11.4 Å². The first-order valence-corrected chi connectivity index (χ1v) is 10.1. The van der Waals surface area contributed by atoms with Gasteiger partial charge in [-0.3, -0.25) is 4.79 Å². The fraction of sp³-hybridized carbons (Fsp3) is 0.240. The zero-order valence-electron chi connectivity index (χ0n) is 17.7. The molecular formula is C25H28N2O3. The van der Waals surface area contributed by atoms with Crippen LogP contribution in [-0.4, -0.2) is 19.6 Å². The van der Waals surface area contributed by atoms with Crippen LogP contribution in [0.2, 0.25) is 0 Å². The standard InChI is InChI=1S/C25H28N2O3/c1-4-19-9-12-21(13-10-19)26-16-20-11-14-23(24(15-20)29-3)30-17-25(28)27-22-8-6-5-7-18(22)2/h5-15,26H,4,16-17H2,1-3H3,(H,27,28). The summed E-state index contributed by atoms with van der Waals surface area (Å²) in [4.78, 5) is 12.2. The summed E-state index contributed by atoms with van der Waals surface area (Å²) in [5.41, 5.74) is 5.23. The van der Waals surface area contributed by atoms with Crippen molar-refractivity contribution < 1.29 is 14.3 Å². The van der Waals surface area contributed by atoms with E-state index in [9.17, 15) is 4.79 Å². The zero-order chi connectivity index (χ0) is 21.3. The topological polar surface area (TPSA) is 59.6 Å². The Balaban J connectivity index is 1.56.